The summed E-state index contributed by atoms with van der Waals surface area (Å²) in [7, 11) is 1.13. The van der Waals surface area contributed by atoms with Gasteiger partial charge in [-0.3, -0.25) is 19.3 Å². The van der Waals surface area contributed by atoms with Gasteiger partial charge in [0.25, 0.3) is 17.4 Å². The molecule has 0 spiro atoms. The molecule has 318 valence electrons. The van der Waals surface area contributed by atoms with Gasteiger partial charge in [-0.25, -0.2) is 28.8 Å². The molecule has 2 aromatic carbocycles. The molecule has 2 heterocycles. The number of nitrogens with one attached hydrogen (secondary N) is 1. The number of fused-ring (bicyclic) bond motifs is 1. The lowest BCUT2D eigenvalue weighted by Gasteiger charge is -2.35. The van der Waals surface area contributed by atoms with E-state index in [1.54, 1.807) is 54.5 Å². The topological polar surface area (TPSA) is 181 Å². The van der Waals surface area contributed by atoms with E-state index in [9.17, 15) is 47.0 Å². The second-order valence-electron chi connectivity index (χ2n) is 15.3. The van der Waals surface area contributed by atoms with Crippen molar-refractivity contribution >= 4 is 51.8 Å². The minimum atomic E-state index is -4.70. The van der Waals surface area contributed by atoms with Crippen LogP contribution in [0.1, 0.15) is 86.0 Å². The average molecular weight is 892 g/mol. The van der Waals surface area contributed by atoms with Crippen LogP contribution in [0, 0.1) is 5.92 Å². The summed E-state index contributed by atoms with van der Waals surface area (Å²) in [4.78, 5) is 86.6. The maximum Gasteiger partial charge on any atom is 0.418 e. The number of benzene rings is 2. The second kappa shape index (κ2) is 18.0. The van der Waals surface area contributed by atoms with E-state index in [0.29, 0.717) is 4.90 Å². The molecule has 4 rings (SSSR count). The number of anilines is 1. The van der Waals surface area contributed by atoms with Crippen molar-refractivity contribution in [3.63, 3.8) is 0 Å². The Morgan fingerprint density at radius 3 is 2.20 bits per heavy atom. The number of carboxylic acids is 1. The van der Waals surface area contributed by atoms with Crippen LogP contribution < -0.4 is 10.9 Å². The highest BCUT2D eigenvalue weighted by Gasteiger charge is 2.38. The van der Waals surface area contributed by atoms with Gasteiger partial charge in [-0.1, -0.05) is 35.9 Å². The number of carbonyl (C=O) groups excluding carboxylic acids is 4. The molecule has 59 heavy (non-hydrogen) atoms. The van der Waals surface area contributed by atoms with Gasteiger partial charge in [0.1, 0.15) is 11.6 Å². The average Bonchev–Trinajstić information content (AvgIpc) is 3.14. The first-order valence-electron chi connectivity index (χ1n) is 18.4. The van der Waals surface area contributed by atoms with Crippen LogP contribution in [-0.4, -0.2) is 96.8 Å². The predicted octanol–water partition coefficient (Wildman–Crippen LogP) is 7.10. The van der Waals surface area contributed by atoms with Crippen LogP contribution >= 0.6 is 15.9 Å². The lowest BCUT2D eigenvalue weighted by atomic mass is 9.98. The van der Waals surface area contributed by atoms with Gasteiger partial charge >= 0.3 is 24.3 Å². The molecule has 0 fully saturated rings. The molecule has 19 heteroatoms. The van der Waals surface area contributed by atoms with Gasteiger partial charge in [-0.2, -0.15) is 13.2 Å². The van der Waals surface area contributed by atoms with Crippen LogP contribution in [0.4, 0.5) is 28.7 Å². The summed E-state index contributed by atoms with van der Waals surface area (Å²) < 4.78 is 52.5. The highest BCUT2D eigenvalue weighted by atomic mass is 79.9. The molecule has 2 unspecified atom stereocenters. The van der Waals surface area contributed by atoms with Crippen molar-refractivity contribution in [1.29, 1.82) is 0 Å². The Morgan fingerprint density at radius 1 is 1.05 bits per heavy atom. The summed E-state index contributed by atoms with van der Waals surface area (Å²) >= 11 is 2.89. The Hall–Kier alpha value is -5.72. The van der Waals surface area contributed by atoms with Gasteiger partial charge in [0.15, 0.2) is 6.73 Å². The van der Waals surface area contributed by atoms with Crippen molar-refractivity contribution in [2.24, 2.45) is 5.92 Å². The number of halogens is 4. The fourth-order valence-corrected chi connectivity index (χ4v) is 6.64. The number of alkyl halides is 3. The van der Waals surface area contributed by atoms with Crippen LogP contribution in [0.3, 0.4) is 0 Å². The maximum atomic E-state index is 14.2. The molecule has 1 aromatic heterocycles. The first-order valence-corrected chi connectivity index (χ1v) is 19.1. The molecule has 0 aliphatic carbocycles. The second-order valence-corrected chi connectivity index (χ2v) is 16.1. The number of carboxylic acid groups (broad SMARTS) is 1. The van der Waals surface area contributed by atoms with E-state index in [1.807, 2.05) is 0 Å². The number of rotatable bonds is 11. The van der Waals surface area contributed by atoms with Crippen LogP contribution in [0.5, 0.6) is 0 Å². The first-order chi connectivity index (χ1) is 27.4. The summed E-state index contributed by atoms with van der Waals surface area (Å²) in [6.45, 7) is 14.1. The van der Waals surface area contributed by atoms with Gasteiger partial charge in [0, 0.05) is 40.3 Å². The van der Waals surface area contributed by atoms with E-state index in [4.69, 9.17) is 14.5 Å². The number of nitrogens with zero attached hydrogens (tertiary/aromatic N) is 5. The van der Waals surface area contributed by atoms with E-state index in [0.717, 1.165) is 24.1 Å². The monoisotopic (exact) mass is 890 g/mol. The van der Waals surface area contributed by atoms with Crippen molar-refractivity contribution in [3.8, 4) is 5.69 Å². The largest absolute Gasteiger partial charge is 0.480 e. The Labute approximate surface area is 346 Å². The van der Waals surface area contributed by atoms with Gasteiger partial charge in [0.2, 0.25) is 5.95 Å². The third-order valence-electron chi connectivity index (χ3n) is 9.23. The molecular formula is C40H46BrF3N6O9. The third-order valence-corrected chi connectivity index (χ3v) is 9.92. The van der Waals surface area contributed by atoms with E-state index in [-0.39, 0.29) is 51.5 Å². The number of ether oxygens (including phenoxy) is 2. The summed E-state index contributed by atoms with van der Waals surface area (Å²) in [5.41, 5.74) is -1.88. The zero-order chi connectivity index (χ0) is 44.3. The fourth-order valence-electron chi connectivity index (χ4n) is 6.17. The number of aliphatic carboxylic acids is 1. The molecule has 4 amide bonds. The van der Waals surface area contributed by atoms with Gasteiger partial charge in [-0.15, -0.1) is 6.58 Å². The molecule has 1 aliphatic rings. The zero-order valence-electron chi connectivity index (χ0n) is 33.7. The van der Waals surface area contributed by atoms with Crippen LogP contribution in [0.25, 0.3) is 5.69 Å². The van der Waals surface area contributed by atoms with Gasteiger partial charge in [-0.05, 0) is 89.4 Å². The first kappa shape index (κ1) is 46.0. The smallest absolute Gasteiger partial charge is 0.418 e. The number of imide groups is 1. The minimum absolute atomic E-state index is 0.000117. The number of aromatic nitrogens is 2. The summed E-state index contributed by atoms with van der Waals surface area (Å²) in [5.74, 6) is -3.40. The van der Waals surface area contributed by atoms with Crippen molar-refractivity contribution in [2.75, 3.05) is 19.1 Å². The molecule has 0 bridgehead atoms. The lowest BCUT2D eigenvalue weighted by Crippen LogP contribution is -2.51. The van der Waals surface area contributed by atoms with E-state index in [1.165, 1.54) is 39.8 Å². The molecule has 3 aromatic rings. The number of carbonyl (C=O) groups is 5. The molecule has 0 saturated heterocycles. The molecule has 2 N–H and O–H groups in total. The highest BCUT2D eigenvalue weighted by Crippen LogP contribution is 2.36. The molecule has 0 saturated carbocycles. The summed E-state index contributed by atoms with van der Waals surface area (Å²) in [5, 5.41) is 12.9. The molecule has 0 radical (unpaired) electrons. The maximum absolute atomic E-state index is 14.2. The van der Waals surface area contributed by atoms with Crippen LogP contribution in [0.2, 0.25) is 0 Å². The molecular weight excluding hydrogens is 845 g/mol. The fraction of sp³-hybridized carbons (Fsp3) is 0.425. The SMILES string of the molecule is C=CC(C)Nc1nc2c(c(=O)n1-c1ccc(C(=O)N(C)C(=O)OCN(C(=O)OC(C)(C)C)C(C(=O)O)C(C)C)cc1)C[C@@H](C)N(C(=O)c1ccc(Br)c(C(F)(F)F)c1)C2. The van der Waals surface area contributed by atoms with Gasteiger partial charge < -0.3 is 24.8 Å². The molecule has 15 nitrogen and oxygen atoms in total. The normalized spacial score (nSPS) is 15.1. The van der Waals surface area contributed by atoms with Crippen molar-refractivity contribution in [1.82, 2.24) is 24.3 Å². The Kier molecular flexibility index (Phi) is 14.1. The van der Waals surface area contributed by atoms with E-state index >= 15 is 0 Å². The Bertz CT molecular complexity index is 2190. The van der Waals surface area contributed by atoms with Gasteiger partial charge in [0.05, 0.1) is 23.5 Å². The number of hydrogen-bond acceptors (Lipinski definition) is 10. The quantitative estimate of drug-likeness (QED) is 0.148. The number of hydrogen-bond donors (Lipinski definition) is 2. The predicted molar refractivity (Wildman–Crippen MR) is 213 cm³/mol. The molecule has 1 aliphatic heterocycles. The van der Waals surface area contributed by atoms with Crippen molar-refractivity contribution < 1.29 is 51.7 Å². The Morgan fingerprint density at radius 2 is 1.66 bits per heavy atom. The zero-order valence-corrected chi connectivity index (χ0v) is 35.3. The van der Waals surface area contributed by atoms with Crippen molar-refractivity contribution in [3.05, 3.63) is 97.9 Å². The number of amides is 4. The Balaban J connectivity index is 1.61. The molecule has 3 atom stereocenters. The van der Waals surface area contributed by atoms with E-state index < -0.39 is 83.6 Å². The summed E-state index contributed by atoms with van der Waals surface area (Å²) in [6.07, 6.45) is -5.33. The van der Waals surface area contributed by atoms with Crippen molar-refractivity contribution in [2.45, 2.75) is 91.3 Å². The van der Waals surface area contributed by atoms with E-state index in [2.05, 4.69) is 27.8 Å². The summed E-state index contributed by atoms with van der Waals surface area (Å²) in [6, 6.07) is 6.40. The lowest BCUT2D eigenvalue weighted by molar-refractivity contribution is -0.147. The highest BCUT2D eigenvalue weighted by molar-refractivity contribution is 9.10. The standard InChI is InChI=1S/C40H46BrF3N6O9/c1-10-22(4)45-36-46-30-19-48(33(52)25-13-16-29(41)28(18-25)40(42,43)44)23(5)17-27(30)34(53)50(36)26-14-11-24(12-15-26)32(51)47(9)37(56)58-20-49(31(21(2)3)35(54)55)38(57)59-39(6,7)8/h10-16,18,21-23,31H,1,17,19-20H2,2-9H3,(H,45,46)(H,54,55)/t22?,23-,31?/m1/s1. The minimum Gasteiger partial charge on any atom is -0.480 e. The van der Waals surface area contributed by atoms with Crippen LogP contribution in [0.15, 0.2) is 64.4 Å². The third kappa shape index (κ3) is 10.7. The van der Waals surface area contributed by atoms with Crippen LogP contribution in [-0.2, 0) is 33.4 Å².